The van der Waals surface area contributed by atoms with Crippen molar-refractivity contribution >= 4 is 23.0 Å². The van der Waals surface area contributed by atoms with Gasteiger partial charge in [-0.05, 0) is 104 Å². The fourth-order valence-corrected chi connectivity index (χ4v) is 5.32. The van der Waals surface area contributed by atoms with Crippen LogP contribution in [0.3, 0.4) is 0 Å². The topological polar surface area (TPSA) is 51.5 Å². The molecule has 7 heteroatoms. The van der Waals surface area contributed by atoms with Crippen LogP contribution in [-0.2, 0) is 0 Å². The number of thiocarbonyl (C=S) groups is 1. The van der Waals surface area contributed by atoms with Crippen LogP contribution in [0.4, 0.5) is 5.69 Å². The highest BCUT2D eigenvalue weighted by Gasteiger charge is 2.42. The second-order valence-electron chi connectivity index (χ2n) is 9.14. The molecule has 1 fully saturated rings. The Morgan fingerprint density at radius 3 is 2.18 bits per heavy atom. The molecular weight excluding hydrogens is 504 g/mol. The maximum Gasteiger partial charge on any atom is 0.174 e. The third-order valence-electron chi connectivity index (χ3n) is 6.70. The van der Waals surface area contributed by atoms with E-state index in [1.165, 1.54) is 0 Å². The number of para-hydroxylation sites is 1. The second kappa shape index (κ2) is 11.0. The first-order valence-electron chi connectivity index (χ1n) is 13.0. The average Bonchev–Trinajstić information content (AvgIpc) is 3.59. The fourth-order valence-electron chi connectivity index (χ4n) is 4.97. The molecule has 0 amide bonds. The van der Waals surface area contributed by atoms with Crippen LogP contribution in [0.15, 0.2) is 122 Å². The quantitative estimate of drug-likeness (QED) is 0.213. The van der Waals surface area contributed by atoms with Gasteiger partial charge in [-0.1, -0.05) is 24.3 Å². The Morgan fingerprint density at radius 1 is 0.769 bits per heavy atom. The van der Waals surface area contributed by atoms with Gasteiger partial charge in [0, 0.05) is 29.5 Å². The molecule has 2 atom stereocenters. The molecule has 1 aliphatic heterocycles. The Balaban J connectivity index is 1.38. The molecular formula is C32H28N4O2S. The molecule has 39 heavy (non-hydrogen) atoms. The number of pyridine rings is 1. The van der Waals surface area contributed by atoms with Crippen LogP contribution < -0.4 is 19.7 Å². The van der Waals surface area contributed by atoms with E-state index in [1.54, 1.807) is 0 Å². The molecule has 0 aliphatic carbocycles. The number of rotatable bonds is 8. The zero-order valence-corrected chi connectivity index (χ0v) is 22.3. The Bertz CT molecular complexity index is 1540. The summed E-state index contributed by atoms with van der Waals surface area (Å²) in [4.78, 5) is 6.85. The number of nitrogens with one attached hydrogen (secondary N) is 1. The smallest absolute Gasteiger partial charge is 0.174 e. The van der Waals surface area contributed by atoms with Crippen LogP contribution >= 0.6 is 12.2 Å². The Kier molecular flexibility index (Phi) is 6.97. The van der Waals surface area contributed by atoms with E-state index in [1.807, 2.05) is 98.0 Å². The number of aromatic nitrogens is 2. The molecule has 0 spiro atoms. The molecule has 6 nitrogen and oxygen atoms in total. The lowest BCUT2D eigenvalue weighted by Crippen LogP contribution is -2.30. The molecule has 1 aliphatic rings. The lowest BCUT2D eigenvalue weighted by Gasteiger charge is -2.29. The first-order valence-corrected chi connectivity index (χ1v) is 13.4. The van der Waals surface area contributed by atoms with Crippen molar-refractivity contribution in [3.63, 3.8) is 0 Å². The first kappa shape index (κ1) is 24.7. The minimum absolute atomic E-state index is 0.143. The van der Waals surface area contributed by atoms with Gasteiger partial charge in [0.1, 0.15) is 23.3 Å². The van der Waals surface area contributed by atoms with Gasteiger partial charge in [0.15, 0.2) is 5.11 Å². The van der Waals surface area contributed by atoms with E-state index in [4.69, 9.17) is 21.7 Å². The van der Waals surface area contributed by atoms with Gasteiger partial charge in [0.2, 0.25) is 0 Å². The molecule has 0 bridgehead atoms. The molecule has 6 rings (SSSR count). The lowest BCUT2D eigenvalue weighted by atomic mass is 10.0. The van der Waals surface area contributed by atoms with E-state index < -0.39 is 0 Å². The van der Waals surface area contributed by atoms with Gasteiger partial charge in [-0.15, -0.1) is 0 Å². The van der Waals surface area contributed by atoms with Crippen LogP contribution in [-0.4, -0.2) is 21.3 Å². The van der Waals surface area contributed by atoms with Crippen molar-refractivity contribution in [3.05, 3.63) is 133 Å². The van der Waals surface area contributed by atoms with Crippen LogP contribution in [0.2, 0.25) is 0 Å². The summed E-state index contributed by atoms with van der Waals surface area (Å²) < 4.78 is 13.9. The summed E-state index contributed by atoms with van der Waals surface area (Å²) in [6, 6.07) is 35.9. The highest BCUT2D eigenvalue weighted by atomic mass is 32.1. The predicted molar refractivity (Wildman–Crippen MR) is 158 cm³/mol. The molecule has 2 aromatic heterocycles. The van der Waals surface area contributed by atoms with Gasteiger partial charge in [0.25, 0.3) is 0 Å². The summed E-state index contributed by atoms with van der Waals surface area (Å²) in [6.07, 6.45) is 3.90. The maximum atomic E-state index is 6.02. The van der Waals surface area contributed by atoms with Crippen LogP contribution in [0.1, 0.15) is 30.4 Å². The molecule has 0 saturated carbocycles. The summed E-state index contributed by atoms with van der Waals surface area (Å²) in [5.41, 5.74) is 4.03. The molecule has 194 valence electrons. The van der Waals surface area contributed by atoms with E-state index in [0.717, 1.165) is 40.0 Å². The Morgan fingerprint density at radius 2 is 1.46 bits per heavy atom. The molecule has 1 saturated heterocycles. The highest BCUT2D eigenvalue weighted by Crippen LogP contribution is 2.42. The number of hydrogen-bond donors (Lipinski definition) is 1. The molecule has 3 aromatic carbocycles. The standard InChI is InChI=1S/C32H28N4O2S/c1-2-37-25-17-13-23(14-18-25)35-22-8-12-29(35)31-30(28-11-6-7-21-33-28)34-32(39)36(31)24-15-19-27(20-16-24)38-26-9-4-3-5-10-26/h3-22,30-31H,2H2,1H3,(H,34,39)/t30-,31+/m0/s1. The normalized spacial score (nSPS) is 16.6. The van der Waals surface area contributed by atoms with Crippen molar-refractivity contribution in [2.45, 2.75) is 19.0 Å². The van der Waals surface area contributed by atoms with Gasteiger partial charge in [-0.2, -0.15) is 0 Å². The van der Waals surface area contributed by atoms with Crippen molar-refractivity contribution in [3.8, 4) is 22.9 Å². The van der Waals surface area contributed by atoms with Crippen molar-refractivity contribution in [2.75, 3.05) is 11.5 Å². The fraction of sp³-hybridized carbons (Fsp3) is 0.125. The third kappa shape index (κ3) is 5.09. The minimum atomic E-state index is -0.144. The highest BCUT2D eigenvalue weighted by molar-refractivity contribution is 7.80. The van der Waals surface area contributed by atoms with Crippen molar-refractivity contribution in [1.82, 2.24) is 14.9 Å². The molecule has 5 aromatic rings. The monoisotopic (exact) mass is 532 g/mol. The average molecular weight is 533 g/mol. The van der Waals surface area contributed by atoms with E-state index in [9.17, 15) is 0 Å². The summed E-state index contributed by atoms with van der Waals surface area (Å²) in [5.74, 6) is 2.41. The molecule has 1 N–H and O–H groups in total. The zero-order valence-electron chi connectivity index (χ0n) is 21.5. The van der Waals surface area contributed by atoms with Crippen molar-refractivity contribution in [2.24, 2.45) is 0 Å². The minimum Gasteiger partial charge on any atom is -0.494 e. The number of benzene rings is 3. The maximum absolute atomic E-state index is 6.02. The largest absolute Gasteiger partial charge is 0.494 e. The molecule has 0 unspecified atom stereocenters. The van der Waals surface area contributed by atoms with Crippen molar-refractivity contribution < 1.29 is 9.47 Å². The van der Waals surface area contributed by atoms with Gasteiger partial charge >= 0.3 is 0 Å². The molecule has 3 heterocycles. The number of anilines is 1. The van der Waals surface area contributed by atoms with E-state index in [0.29, 0.717) is 11.7 Å². The number of ether oxygens (including phenoxy) is 2. The Labute approximate surface area is 233 Å². The second-order valence-corrected chi connectivity index (χ2v) is 9.52. The van der Waals surface area contributed by atoms with Gasteiger partial charge in [-0.3, -0.25) is 4.98 Å². The summed E-state index contributed by atoms with van der Waals surface area (Å²) in [7, 11) is 0. The summed E-state index contributed by atoms with van der Waals surface area (Å²) in [5, 5.41) is 4.19. The molecule has 0 radical (unpaired) electrons. The van der Waals surface area contributed by atoms with E-state index in [-0.39, 0.29) is 12.1 Å². The lowest BCUT2D eigenvalue weighted by molar-refractivity contribution is 0.340. The van der Waals surface area contributed by atoms with Crippen LogP contribution in [0.5, 0.6) is 17.2 Å². The van der Waals surface area contributed by atoms with E-state index >= 15 is 0 Å². The SMILES string of the molecule is CCOc1ccc(-n2cccc2[C@@H]2[C@H](c3ccccn3)NC(=S)N2c2ccc(Oc3ccccc3)cc2)cc1. The van der Waals surface area contributed by atoms with Crippen molar-refractivity contribution in [1.29, 1.82) is 0 Å². The van der Waals surface area contributed by atoms with Gasteiger partial charge in [-0.25, -0.2) is 0 Å². The van der Waals surface area contributed by atoms with Crippen LogP contribution in [0.25, 0.3) is 5.69 Å². The number of hydrogen-bond acceptors (Lipinski definition) is 4. The van der Waals surface area contributed by atoms with Gasteiger partial charge in [0.05, 0.1) is 18.3 Å². The zero-order chi connectivity index (χ0) is 26.6. The summed E-state index contributed by atoms with van der Waals surface area (Å²) >= 11 is 5.92. The summed E-state index contributed by atoms with van der Waals surface area (Å²) in [6.45, 7) is 2.62. The third-order valence-corrected chi connectivity index (χ3v) is 7.02. The van der Waals surface area contributed by atoms with Gasteiger partial charge < -0.3 is 24.3 Å². The first-order chi connectivity index (χ1) is 19.2. The van der Waals surface area contributed by atoms with E-state index in [2.05, 4.69) is 50.2 Å². The number of nitrogens with zero attached hydrogens (tertiary/aromatic N) is 3. The predicted octanol–water partition coefficient (Wildman–Crippen LogP) is 7.24. The Hall–Kier alpha value is -4.62. The van der Waals surface area contributed by atoms with Crippen LogP contribution in [0, 0.1) is 0 Å².